The van der Waals surface area contributed by atoms with Gasteiger partial charge in [-0.15, -0.1) is 11.6 Å². The minimum atomic E-state index is -1.01. The molecule has 0 spiro atoms. The zero-order chi connectivity index (χ0) is 27.2. The number of alkyl halides is 1. The van der Waals surface area contributed by atoms with E-state index in [2.05, 4.69) is 19.2 Å². The van der Waals surface area contributed by atoms with Crippen LogP contribution in [0.1, 0.15) is 31.0 Å². The predicted octanol–water partition coefficient (Wildman–Crippen LogP) is 5.70. The molecule has 1 N–H and O–H groups in total. The van der Waals surface area contributed by atoms with Gasteiger partial charge in [0, 0.05) is 31.4 Å². The van der Waals surface area contributed by atoms with Crippen molar-refractivity contribution in [1.82, 2.24) is 10.2 Å². The highest BCUT2D eigenvalue weighted by atomic mass is 35.5. The van der Waals surface area contributed by atoms with Crippen LogP contribution in [0.15, 0.2) is 72.8 Å². The highest BCUT2D eigenvalue weighted by molar-refractivity contribution is 6.30. The van der Waals surface area contributed by atoms with Crippen LogP contribution in [-0.4, -0.2) is 48.3 Å². The van der Waals surface area contributed by atoms with Crippen molar-refractivity contribution in [2.45, 2.75) is 32.9 Å². The second-order valence-electron chi connectivity index (χ2n) is 9.80. The Kier molecular flexibility index (Phi) is 9.02. The lowest BCUT2D eigenvalue weighted by Crippen LogP contribution is -2.57. The molecule has 3 aromatic carbocycles. The topological polar surface area (TPSA) is 61.9 Å². The molecule has 6 nitrogen and oxygen atoms in total. The van der Waals surface area contributed by atoms with Gasteiger partial charge in [0.05, 0.1) is 0 Å². The summed E-state index contributed by atoms with van der Waals surface area (Å²) in [5.41, 5.74) is 1.78. The van der Waals surface area contributed by atoms with Gasteiger partial charge >= 0.3 is 0 Å². The van der Waals surface area contributed by atoms with E-state index in [9.17, 15) is 14.0 Å². The number of halogens is 2. The van der Waals surface area contributed by atoms with Gasteiger partial charge in [-0.1, -0.05) is 44.2 Å². The van der Waals surface area contributed by atoms with E-state index in [1.807, 2.05) is 43.3 Å². The molecule has 0 radical (unpaired) electrons. The van der Waals surface area contributed by atoms with Crippen molar-refractivity contribution in [3.8, 4) is 11.5 Å². The monoisotopic (exact) mass is 537 g/mol. The molecule has 1 saturated heterocycles. The van der Waals surface area contributed by atoms with Crippen LogP contribution in [0.5, 0.6) is 11.5 Å². The first-order valence-corrected chi connectivity index (χ1v) is 13.3. The van der Waals surface area contributed by atoms with Crippen LogP contribution in [0.3, 0.4) is 0 Å². The molecule has 3 aromatic rings. The normalized spacial score (nSPS) is 16.3. The Morgan fingerprint density at radius 3 is 2.42 bits per heavy atom. The number of amides is 2. The molecule has 200 valence electrons. The summed E-state index contributed by atoms with van der Waals surface area (Å²) in [6, 6.07) is 19.6. The van der Waals surface area contributed by atoms with Crippen LogP contribution < -0.4 is 15.0 Å². The molecule has 1 heterocycles. The molecule has 0 bridgehead atoms. The third kappa shape index (κ3) is 6.34. The Morgan fingerprint density at radius 1 is 1.08 bits per heavy atom. The molecule has 1 aliphatic rings. The van der Waals surface area contributed by atoms with Crippen molar-refractivity contribution in [3.05, 3.63) is 89.7 Å². The van der Waals surface area contributed by atoms with E-state index >= 15 is 0 Å². The summed E-state index contributed by atoms with van der Waals surface area (Å²) in [5.74, 6) is 0.220. The number of rotatable bonds is 8. The minimum absolute atomic E-state index is 0.134. The maximum Gasteiger partial charge on any atom is 0.250 e. The third-order valence-electron chi connectivity index (χ3n) is 6.79. The Hall–Kier alpha value is -3.42. The fourth-order valence-corrected chi connectivity index (χ4v) is 4.84. The molecule has 0 aromatic heterocycles. The first-order chi connectivity index (χ1) is 18.3. The number of carbonyl (C=O) groups is 2. The molecular weight excluding hydrogens is 505 g/mol. The molecule has 2 amide bonds. The van der Waals surface area contributed by atoms with E-state index in [1.165, 1.54) is 17.0 Å². The lowest BCUT2D eigenvalue weighted by molar-refractivity contribution is -0.135. The molecule has 1 aliphatic heterocycles. The van der Waals surface area contributed by atoms with E-state index in [0.717, 1.165) is 5.56 Å². The summed E-state index contributed by atoms with van der Waals surface area (Å²) in [6.45, 7) is 7.74. The molecular formula is C30H33ClFN3O3. The summed E-state index contributed by atoms with van der Waals surface area (Å²) < 4.78 is 19.8. The number of benzene rings is 3. The molecule has 38 heavy (non-hydrogen) atoms. The summed E-state index contributed by atoms with van der Waals surface area (Å²) in [5, 5.41) is 3.46. The number of nitrogens with zero attached hydrogens (tertiary/aromatic N) is 2. The van der Waals surface area contributed by atoms with Gasteiger partial charge < -0.3 is 15.0 Å². The summed E-state index contributed by atoms with van der Waals surface area (Å²) in [4.78, 5) is 30.8. The largest absolute Gasteiger partial charge is 0.457 e. The third-order valence-corrected chi connectivity index (χ3v) is 7.02. The molecule has 2 atom stereocenters. The number of nitrogens with one attached hydrogen (secondary N) is 1. The highest BCUT2D eigenvalue weighted by Gasteiger charge is 2.37. The lowest BCUT2D eigenvalue weighted by atomic mass is 9.98. The fourth-order valence-electron chi connectivity index (χ4n) is 4.71. The number of para-hydroxylation sites is 1. The fraction of sp³-hybridized carbons (Fsp3) is 0.333. The van der Waals surface area contributed by atoms with E-state index in [4.69, 9.17) is 16.3 Å². The average molecular weight is 538 g/mol. The number of aryl methyl sites for hydroxylation is 1. The average Bonchev–Trinajstić information content (AvgIpc) is 2.93. The molecule has 0 saturated carbocycles. The Labute approximate surface area is 228 Å². The molecule has 4 rings (SSSR count). The van der Waals surface area contributed by atoms with Crippen molar-refractivity contribution < 1.29 is 18.7 Å². The zero-order valence-electron chi connectivity index (χ0n) is 21.9. The van der Waals surface area contributed by atoms with Crippen LogP contribution in [0.25, 0.3) is 0 Å². The van der Waals surface area contributed by atoms with Crippen LogP contribution in [-0.2, 0) is 9.59 Å². The van der Waals surface area contributed by atoms with Crippen LogP contribution in [0.4, 0.5) is 10.1 Å². The predicted molar refractivity (Wildman–Crippen MR) is 148 cm³/mol. The van der Waals surface area contributed by atoms with Gasteiger partial charge in [-0.3, -0.25) is 14.5 Å². The van der Waals surface area contributed by atoms with Crippen molar-refractivity contribution >= 4 is 29.1 Å². The van der Waals surface area contributed by atoms with Gasteiger partial charge in [0.25, 0.3) is 5.91 Å². The molecule has 0 aliphatic carbocycles. The van der Waals surface area contributed by atoms with Gasteiger partial charge in [0.15, 0.2) is 0 Å². The maximum atomic E-state index is 14.1. The Bertz CT molecular complexity index is 1250. The standard InChI is InChI=1S/C30H33ClFN3O3/c1-20(2)26-19-34(16-15-33-26)30(37)29(22-9-11-23(32)12-10-22)35(28(36)18-31)27-14-13-25(17-21(27)3)38-24-7-5-4-6-8-24/h4-14,17,20,26,29,33H,15-16,18-19H2,1-3H3/t26-,29-/m1/s1. The van der Waals surface area contributed by atoms with Crippen LogP contribution >= 0.6 is 11.6 Å². The first kappa shape index (κ1) is 27.6. The van der Waals surface area contributed by atoms with Crippen molar-refractivity contribution in [2.75, 3.05) is 30.4 Å². The van der Waals surface area contributed by atoms with E-state index in [1.54, 1.807) is 29.2 Å². The van der Waals surface area contributed by atoms with Crippen molar-refractivity contribution in [3.63, 3.8) is 0 Å². The van der Waals surface area contributed by atoms with Gasteiger partial charge in [-0.2, -0.15) is 0 Å². The lowest BCUT2D eigenvalue weighted by Gasteiger charge is -2.40. The second-order valence-corrected chi connectivity index (χ2v) is 10.1. The number of carbonyl (C=O) groups excluding carboxylic acids is 2. The van der Waals surface area contributed by atoms with Crippen LogP contribution in [0, 0.1) is 18.7 Å². The maximum absolute atomic E-state index is 14.1. The molecule has 0 unspecified atom stereocenters. The first-order valence-electron chi connectivity index (χ1n) is 12.8. The highest BCUT2D eigenvalue weighted by Crippen LogP contribution is 2.35. The second kappa shape index (κ2) is 12.4. The van der Waals surface area contributed by atoms with Crippen molar-refractivity contribution in [2.24, 2.45) is 5.92 Å². The van der Waals surface area contributed by atoms with Gasteiger partial charge in [0.2, 0.25) is 5.91 Å². The number of hydrogen-bond donors (Lipinski definition) is 1. The SMILES string of the molecule is Cc1cc(Oc2ccccc2)ccc1N(C(=O)CCl)[C@@H](C(=O)N1CCN[C@@H](C(C)C)C1)c1ccc(F)cc1. The zero-order valence-corrected chi connectivity index (χ0v) is 22.6. The number of ether oxygens (including phenoxy) is 1. The Morgan fingerprint density at radius 2 is 1.79 bits per heavy atom. The Balaban J connectivity index is 1.74. The minimum Gasteiger partial charge on any atom is -0.457 e. The quantitative estimate of drug-likeness (QED) is 0.375. The van der Waals surface area contributed by atoms with Crippen molar-refractivity contribution in [1.29, 1.82) is 0 Å². The van der Waals surface area contributed by atoms with E-state index in [-0.39, 0.29) is 17.8 Å². The molecule has 8 heteroatoms. The smallest absolute Gasteiger partial charge is 0.250 e. The molecule has 1 fully saturated rings. The van der Waals surface area contributed by atoms with E-state index < -0.39 is 17.8 Å². The summed E-state index contributed by atoms with van der Waals surface area (Å²) in [6.07, 6.45) is 0. The van der Waals surface area contributed by atoms with Crippen LogP contribution in [0.2, 0.25) is 0 Å². The van der Waals surface area contributed by atoms with Gasteiger partial charge in [-0.25, -0.2) is 4.39 Å². The summed E-state index contributed by atoms with van der Waals surface area (Å²) in [7, 11) is 0. The number of anilines is 1. The van der Waals surface area contributed by atoms with Gasteiger partial charge in [-0.05, 0) is 66.4 Å². The van der Waals surface area contributed by atoms with E-state index in [0.29, 0.717) is 48.3 Å². The number of piperazine rings is 1. The number of hydrogen-bond acceptors (Lipinski definition) is 4. The van der Waals surface area contributed by atoms with Gasteiger partial charge in [0.1, 0.15) is 29.2 Å². The summed E-state index contributed by atoms with van der Waals surface area (Å²) >= 11 is 6.09.